The number of carbonyl (C=O) groups excluding carboxylic acids is 2. The third kappa shape index (κ3) is 2.15. The molecule has 0 bridgehead atoms. The molecule has 124 valence electrons. The van der Waals surface area contributed by atoms with E-state index in [-0.39, 0.29) is 11.6 Å². The van der Waals surface area contributed by atoms with E-state index < -0.39 is 5.92 Å². The maximum Gasteiger partial charge on any atom is 0.180 e. The van der Waals surface area contributed by atoms with Crippen LogP contribution in [0.15, 0.2) is 36.4 Å². The standard InChI is InChI=1S/C22H19NO2/c1-11-9-17-13(3)14(4)20(23-18(17)10-12(11)2)19-21(24)15-7-5-6-8-16(15)22(19)25/h5-10,19H,1-4H3. The van der Waals surface area contributed by atoms with Crippen LogP contribution in [0, 0.1) is 27.7 Å². The first-order valence-corrected chi connectivity index (χ1v) is 8.45. The van der Waals surface area contributed by atoms with E-state index >= 15 is 0 Å². The lowest BCUT2D eigenvalue weighted by atomic mass is 9.91. The number of hydrogen-bond donors (Lipinski definition) is 0. The summed E-state index contributed by atoms with van der Waals surface area (Å²) in [5.74, 6) is -1.10. The van der Waals surface area contributed by atoms with Crippen LogP contribution < -0.4 is 0 Å². The minimum atomic E-state index is -0.817. The zero-order valence-corrected chi connectivity index (χ0v) is 14.8. The van der Waals surface area contributed by atoms with Crippen LogP contribution >= 0.6 is 0 Å². The van der Waals surface area contributed by atoms with E-state index in [1.54, 1.807) is 24.3 Å². The van der Waals surface area contributed by atoms with E-state index in [1.807, 2.05) is 26.8 Å². The Kier molecular flexibility index (Phi) is 3.36. The highest BCUT2D eigenvalue weighted by atomic mass is 16.2. The van der Waals surface area contributed by atoms with Gasteiger partial charge < -0.3 is 0 Å². The predicted octanol–water partition coefficient (Wildman–Crippen LogP) is 4.63. The summed E-state index contributed by atoms with van der Waals surface area (Å²) < 4.78 is 0. The van der Waals surface area contributed by atoms with Crippen LogP contribution in [0.1, 0.15) is 54.6 Å². The quantitative estimate of drug-likeness (QED) is 0.611. The predicted molar refractivity (Wildman–Crippen MR) is 98.5 cm³/mol. The summed E-state index contributed by atoms with van der Waals surface area (Å²) in [7, 11) is 0. The van der Waals surface area contributed by atoms with Gasteiger partial charge in [-0.25, -0.2) is 0 Å². The van der Waals surface area contributed by atoms with Crippen molar-refractivity contribution in [2.24, 2.45) is 0 Å². The first-order chi connectivity index (χ1) is 11.9. The fourth-order valence-corrected chi connectivity index (χ4v) is 3.67. The minimum Gasteiger partial charge on any atom is -0.293 e. The summed E-state index contributed by atoms with van der Waals surface area (Å²) in [5.41, 5.74) is 6.84. The summed E-state index contributed by atoms with van der Waals surface area (Å²) in [4.78, 5) is 30.5. The maximum absolute atomic E-state index is 12.9. The van der Waals surface area contributed by atoms with E-state index in [9.17, 15) is 9.59 Å². The summed E-state index contributed by atoms with van der Waals surface area (Å²) in [6.07, 6.45) is 0. The molecule has 0 atom stereocenters. The molecule has 0 N–H and O–H groups in total. The van der Waals surface area contributed by atoms with Gasteiger partial charge in [0.15, 0.2) is 11.6 Å². The number of carbonyl (C=O) groups is 2. The number of rotatable bonds is 1. The summed E-state index contributed by atoms with van der Waals surface area (Å²) in [6.45, 7) is 8.12. The van der Waals surface area contributed by atoms with Crippen LogP contribution in [0.25, 0.3) is 10.9 Å². The number of benzene rings is 2. The SMILES string of the molecule is Cc1cc2nc(C3C(=O)c4ccccc4C3=O)c(C)c(C)c2cc1C. The molecule has 0 spiro atoms. The van der Waals surface area contributed by atoms with Gasteiger partial charge >= 0.3 is 0 Å². The number of fused-ring (bicyclic) bond motifs is 2. The highest BCUT2D eigenvalue weighted by Crippen LogP contribution is 2.37. The molecule has 0 aliphatic heterocycles. The van der Waals surface area contributed by atoms with E-state index in [0.29, 0.717) is 16.8 Å². The molecule has 0 fully saturated rings. The molecule has 0 unspecified atom stereocenters. The highest BCUT2D eigenvalue weighted by Gasteiger charge is 2.41. The molecule has 1 aromatic heterocycles. The Morgan fingerprint density at radius 3 is 1.96 bits per heavy atom. The van der Waals surface area contributed by atoms with Gasteiger partial charge in [-0.2, -0.15) is 0 Å². The molecule has 2 aromatic carbocycles. The van der Waals surface area contributed by atoms with Crippen molar-refractivity contribution in [2.45, 2.75) is 33.6 Å². The number of pyridine rings is 1. The van der Waals surface area contributed by atoms with E-state index in [4.69, 9.17) is 4.98 Å². The van der Waals surface area contributed by atoms with Crippen molar-refractivity contribution < 1.29 is 9.59 Å². The first kappa shape index (κ1) is 15.7. The second-order valence-electron chi connectivity index (χ2n) is 6.91. The van der Waals surface area contributed by atoms with Crippen molar-refractivity contribution in [2.75, 3.05) is 0 Å². The van der Waals surface area contributed by atoms with Crippen LogP contribution in [0.3, 0.4) is 0 Å². The smallest absolute Gasteiger partial charge is 0.180 e. The van der Waals surface area contributed by atoms with Gasteiger partial charge in [0.05, 0.1) is 11.2 Å². The molecule has 4 rings (SSSR count). The Morgan fingerprint density at radius 2 is 1.36 bits per heavy atom. The Morgan fingerprint density at radius 1 is 0.800 bits per heavy atom. The molecule has 0 saturated heterocycles. The lowest BCUT2D eigenvalue weighted by molar-refractivity contribution is 0.0887. The first-order valence-electron chi connectivity index (χ1n) is 8.45. The van der Waals surface area contributed by atoms with Crippen molar-refractivity contribution in [3.05, 3.63) is 75.5 Å². The monoisotopic (exact) mass is 329 g/mol. The topological polar surface area (TPSA) is 47.0 Å². The van der Waals surface area contributed by atoms with Crippen LogP contribution in [0.5, 0.6) is 0 Å². The van der Waals surface area contributed by atoms with Crippen molar-refractivity contribution in [1.82, 2.24) is 4.98 Å². The highest BCUT2D eigenvalue weighted by molar-refractivity contribution is 6.29. The summed E-state index contributed by atoms with van der Waals surface area (Å²) >= 11 is 0. The zero-order valence-electron chi connectivity index (χ0n) is 14.8. The largest absolute Gasteiger partial charge is 0.293 e. The molecule has 0 amide bonds. The Bertz CT molecular complexity index is 1040. The summed E-state index contributed by atoms with van der Waals surface area (Å²) in [5, 5.41) is 1.08. The van der Waals surface area contributed by atoms with Crippen molar-refractivity contribution in [3.63, 3.8) is 0 Å². The molecular weight excluding hydrogens is 310 g/mol. The van der Waals surface area contributed by atoms with Crippen LogP contribution in [0.2, 0.25) is 0 Å². The summed E-state index contributed by atoms with van der Waals surface area (Å²) in [6, 6.07) is 11.2. The third-order valence-corrected chi connectivity index (χ3v) is 5.46. The number of ketones is 2. The van der Waals surface area contributed by atoms with Gasteiger partial charge in [0.2, 0.25) is 0 Å². The van der Waals surface area contributed by atoms with Crippen molar-refractivity contribution in [1.29, 1.82) is 0 Å². The normalized spacial score (nSPS) is 14.4. The average Bonchev–Trinajstić information content (AvgIpc) is 2.85. The van der Waals surface area contributed by atoms with Crippen LogP contribution in [0.4, 0.5) is 0 Å². The van der Waals surface area contributed by atoms with Gasteiger partial charge in [-0.1, -0.05) is 24.3 Å². The van der Waals surface area contributed by atoms with Gasteiger partial charge in [-0.15, -0.1) is 0 Å². The molecule has 0 radical (unpaired) electrons. The molecule has 0 saturated carbocycles. The van der Waals surface area contributed by atoms with Gasteiger partial charge in [0.1, 0.15) is 5.92 Å². The molecule has 3 aromatic rings. The van der Waals surface area contributed by atoms with Crippen LogP contribution in [-0.4, -0.2) is 16.6 Å². The molecule has 1 heterocycles. The van der Waals surface area contributed by atoms with Gasteiger partial charge in [0, 0.05) is 16.5 Å². The molecule has 3 heteroatoms. The number of hydrogen-bond acceptors (Lipinski definition) is 3. The fraction of sp³-hybridized carbons (Fsp3) is 0.227. The Balaban J connectivity index is 1.97. The maximum atomic E-state index is 12.9. The zero-order chi connectivity index (χ0) is 17.9. The van der Waals surface area contributed by atoms with Crippen LogP contribution in [-0.2, 0) is 0 Å². The average molecular weight is 329 g/mol. The second kappa shape index (κ2) is 5.35. The fourth-order valence-electron chi connectivity index (χ4n) is 3.67. The molecule has 3 nitrogen and oxygen atoms in total. The molecule has 25 heavy (non-hydrogen) atoms. The second-order valence-corrected chi connectivity index (χ2v) is 6.91. The lowest BCUT2D eigenvalue weighted by Gasteiger charge is -2.16. The molecular formula is C22H19NO2. The van der Waals surface area contributed by atoms with Gasteiger partial charge in [0.25, 0.3) is 0 Å². The van der Waals surface area contributed by atoms with Gasteiger partial charge in [-0.05, 0) is 62.1 Å². The van der Waals surface area contributed by atoms with E-state index in [1.165, 1.54) is 5.56 Å². The van der Waals surface area contributed by atoms with E-state index in [0.717, 1.165) is 27.6 Å². The number of aromatic nitrogens is 1. The van der Waals surface area contributed by atoms with Crippen molar-refractivity contribution >= 4 is 22.5 Å². The number of Topliss-reactive ketones (excluding diaryl/α,β-unsaturated/α-hetero) is 2. The number of nitrogens with zero attached hydrogens (tertiary/aromatic N) is 1. The van der Waals surface area contributed by atoms with Gasteiger partial charge in [-0.3, -0.25) is 14.6 Å². The lowest BCUT2D eigenvalue weighted by Crippen LogP contribution is -2.17. The Labute approximate surface area is 146 Å². The number of aryl methyl sites for hydroxylation is 3. The minimum absolute atomic E-state index is 0.140. The van der Waals surface area contributed by atoms with E-state index in [2.05, 4.69) is 13.0 Å². The third-order valence-electron chi connectivity index (χ3n) is 5.46. The molecule has 1 aliphatic carbocycles. The Hall–Kier alpha value is -2.81. The van der Waals surface area contributed by atoms with Crippen molar-refractivity contribution in [3.8, 4) is 0 Å². The molecule has 1 aliphatic rings.